The molecule has 1 saturated heterocycles. The summed E-state index contributed by atoms with van der Waals surface area (Å²) < 4.78 is 5.29. The van der Waals surface area contributed by atoms with Gasteiger partial charge in [-0.2, -0.15) is 0 Å². The Labute approximate surface area is 155 Å². The first-order chi connectivity index (χ1) is 11.6. The van der Waals surface area contributed by atoms with Gasteiger partial charge in [0.05, 0.1) is 12.0 Å². The minimum atomic E-state index is -0.407. The van der Waals surface area contributed by atoms with E-state index in [1.807, 2.05) is 24.3 Å². The average molecular weight is 370 g/mol. The maximum Gasteiger partial charge on any atom is 0.228 e. The van der Waals surface area contributed by atoms with Gasteiger partial charge in [0.15, 0.2) is 0 Å². The zero-order chi connectivity index (χ0) is 17.4. The van der Waals surface area contributed by atoms with Crippen molar-refractivity contribution >= 4 is 29.9 Å². The van der Waals surface area contributed by atoms with Gasteiger partial charge in [-0.25, -0.2) is 0 Å². The van der Waals surface area contributed by atoms with Gasteiger partial charge in [0.1, 0.15) is 0 Å². The molecule has 2 amide bonds. The fourth-order valence-corrected chi connectivity index (χ4v) is 3.08. The second-order valence-electron chi connectivity index (χ2n) is 6.35. The van der Waals surface area contributed by atoms with E-state index in [1.165, 1.54) is 6.92 Å². The molecule has 0 saturated carbocycles. The molecule has 7 heteroatoms. The van der Waals surface area contributed by atoms with Crippen LogP contribution in [0.4, 0.5) is 5.69 Å². The van der Waals surface area contributed by atoms with Gasteiger partial charge in [-0.3, -0.25) is 9.59 Å². The summed E-state index contributed by atoms with van der Waals surface area (Å²) in [6.07, 6.45) is 2.36. The number of halogens is 1. The lowest BCUT2D eigenvalue weighted by atomic mass is 9.78. The molecule has 1 aliphatic heterocycles. The summed E-state index contributed by atoms with van der Waals surface area (Å²) >= 11 is 0. The van der Waals surface area contributed by atoms with E-state index in [1.54, 1.807) is 7.11 Å². The van der Waals surface area contributed by atoms with Crippen LogP contribution in [0.5, 0.6) is 0 Å². The van der Waals surface area contributed by atoms with Crippen LogP contribution in [0.15, 0.2) is 24.3 Å². The third-order valence-electron chi connectivity index (χ3n) is 4.44. The van der Waals surface area contributed by atoms with Gasteiger partial charge in [-0.05, 0) is 50.0 Å². The third kappa shape index (κ3) is 6.30. The Hall–Kier alpha value is -1.63. The largest absolute Gasteiger partial charge is 0.384 e. The maximum absolute atomic E-state index is 12.6. The number of methoxy groups -OCH3 is 1. The number of hydrogen-bond acceptors (Lipinski definition) is 4. The maximum atomic E-state index is 12.6. The zero-order valence-corrected chi connectivity index (χ0v) is 15.7. The molecule has 3 N–H and O–H groups in total. The third-order valence-corrected chi connectivity index (χ3v) is 4.44. The summed E-state index contributed by atoms with van der Waals surface area (Å²) in [6.45, 7) is 4.24. The van der Waals surface area contributed by atoms with E-state index in [2.05, 4.69) is 16.0 Å². The lowest BCUT2D eigenvalue weighted by molar-refractivity contribution is -0.136. The van der Waals surface area contributed by atoms with Gasteiger partial charge >= 0.3 is 0 Å². The van der Waals surface area contributed by atoms with Crippen LogP contribution >= 0.6 is 12.4 Å². The monoisotopic (exact) mass is 369 g/mol. The number of ether oxygens (including phenoxy) is 1. The van der Waals surface area contributed by atoms with Crippen molar-refractivity contribution in [1.82, 2.24) is 10.6 Å². The second kappa shape index (κ2) is 10.4. The first kappa shape index (κ1) is 21.4. The molecule has 0 unspecified atom stereocenters. The molecule has 1 aliphatic rings. The van der Waals surface area contributed by atoms with Gasteiger partial charge in [0.2, 0.25) is 11.8 Å². The van der Waals surface area contributed by atoms with E-state index in [4.69, 9.17) is 4.74 Å². The topological polar surface area (TPSA) is 79.5 Å². The molecule has 0 radical (unpaired) electrons. The number of hydrogen-bond donors (Lipinski definition) is 3. The molecule has 0 aromatic heterocycles. The summed E-state index contributed by atoms with van der Waals surface area (Å²) in [5, 5.41) is 9.08. The van der Waals surface area contributed by atoms with Gasteiger partial charge in [-0.1, -0.05) is 12.1 Å². The summed E-state index contributed by atoms with van der Waals surface area (Å²) in [4.78, 5) is 23.6. The fourth-order valence-electron chi connectivity index (χ4n) is 3.08. The summed E-state index contributed by atoms with van der Waals surface area (Å²) in [5.41, 5.74) is 1.49. The highest BCUT2D eigenvalue weighted by atomic mass is 35.5. The number of carbonyl (C=O) groups is 2. The van der Waals surface area contributed by atoms with E-state index in [0.29, 0.717) is 13.2 Å². The van der Waals surface area contributed by atoms with Crippen molar-refractivity contribution < 1.29 is 14.3 Å². The van der Waals surface area contributed by atoms with Crippen molar-refractivity contribution in [2.75, 3.05) is 38.7 Å². The smallest absolute Gasteiger partial charge is 0.228 e. The molecule has 0 spiro atoms. The Balaban J connectivity index is 0.00000312. The van der Waals surface area contributed by atoms with Crippen LogP contribution in [0.2, 0.25) is 0 Å². The summed E-state index contributed by atoms with van der Waals surface area (Å²) in [5.74, 6) is 0.00106. The van der Waals surface area contributed by atoms with E-state index >= 15 is 0 Å². The number of piperidine rings is 1. The van der Waals surface area contributed by atoms with Crippen LogP contribution in [0.25, 0.3) is 0 Å². The van der Waals surface area contributed by atoms with Crippen molar-refractivity contribution in [1.29, 1.82) is 0 Å². The molecule has 0 aliphatic carbocycles. The molecule has 1 fully saturated rings. The van der Waals surface area contributed by atoms with Gasteiger partial charge < -0.3 is 20.7 Å². The normalized spacial score (nSPS) is 15.8. The van der Waals surface area contributed by atoms with Crippen molar-refractivity contribution in [3.63, 3.8) is 0 Å². The predicted molar refractivity (Wildman–Crippen MR) is 101 cm³/mol. The molecule has 1 aromatic carbocycles. The molecule has 1 heterocycles. The Bertz CT molecular complexity index is 552. The van der Waals surface area contributed by atoms with Crippen LogP contribution in [-0.4, -0.2) is 45.2 Å². The quantitative estimate of drug-likeness (QED) is 0.684. The Morgan fingerprint density at radius 3 is 2.40 bits per heavy atom. The number of amides is 2. The van der Waals surface area contributed by atoms with Crippen molar-refractivity contribution in [3.8, 4) is 0 Å². The van der Waals surface area contributed by atoms with E-state index in [0.717, 1.165) is 43.6 Å². The van der Waals surface area contributed by atoms with Crippen LogP contribution in [-0.2, 0) is 20.7 Å². The average Bonchev–Trinajstić information content (AvgIpc) is 2.57. The van der Waals surface area contributed by atoms with Gasteiger partial charge in [0, 0.05) is 26.3 Å². The first-order valence-electron chi connectivity index (χ1n) is 8.40. The zero-order valence-electron chi connectivity index (χ0n) is 14.9. The van der Waals surface area contributed by atoms with Crippen LogP contribution < -0.4 is 16.0 Å². The summed E-state index contributed by atoms with van der Waals surface area (Å²) in [7, 11) is 1.65. The standard InChI is InChI=1S/C18H27N3O3.ClH/c1-14(22)21-16-5-3-15(4-6-16)7-10-20-17(23)18(13-24-2)8-11-19-12-9-18;/h3-6,19H,7-13H2,1-2H3,(H,20,23)(H,21,22);1H. The Kier molecular flexibility index (Phi) is 8.89. The molecule has 0 bridgehead atoms. The molecule has 25 heavy (non-hydrogen) atoms. The van der Waals surface area contributed by atoms with E-state index in [-0.39, 0.29) is 24.2 Å². The highest BCUT2D eigenvalue weighted by Crippen LogP contribution is 2.29. The minimum Gasteiger partial charge on any atom is -0.384 e. The first-order valence-corrected chi connectivity index (χ1v) is 8.40. The van der Waals surface area contributed by atoms with Gasteiger partial charge in [0.25, 0.3) is 0 Å². The second-order valence-corrected chi connectivity index (χ2v) is 6.35. The van der Waals surface area contributed by atoms with Crippen molar-refractivity contribution in [3.05, 3.63) is 29.8 Å². The molecule has 6 nitrogen and oxygen atoms in total. The highest BCUT2D eigenvalue weighted by Gasteiger charge is 2.39. The molecule has 140 valence electrons. The lowest BCUT2D eigenvalue weighted by Gasteiger charge is -2.35. The molecule has 1 aromatic rings. The molecular formula is C18H28ClN3O3. The predicted octanol–water partition coefficient (Wildman–Crippen LogP) is 1.74. The van der Waals surface area contributed by atoms with Crippen LogP contribution in [0, 0.1) is 5.41 Å². The van der Waals surface area contributed by atoms with Crippen LogP contribution in [0.3, 0.4) is 0 Å². The highest BCUT2D eigenvalue weighted by molar-refractivity contribution is 5.88. The number of carbonyl (C=O) groups excluding carboxylic acids is 2. The Morgan fingerprint density at radius 1 is 1.20 bits per heavy atom. The van der Waals surface area contributed by atoms with E-state index in [9.17, 15) is 9.59 Å². The SMILES string of the molecule is COCC1(C(=O)NCCc2ccc(NC(C)=O)cc2)CCNCC1.Cl. The van der Waals surface area contributed by atoms with E-state index < -0.39 is 5.41 Å². The number of rotatable bonds is 7. The summed E-state index contributed by atoms with van der Waals surface area (Å²) in [6, 6.07) is 7.68. The Morgan fingerprint density at radius 2 is 1.84 bits per heavy atom. The van der Waals surface area contributed by atoms with Crippen molar-refractivity contribution in [2.24, 2.45) is 5.41 Å². The van der Waals surface area contributed by atoms with Gasteiger partial charge in [-0.15, -0.1) is 12.4 Å². The lowest BCUT2D eigenvalue weighted by Crippen LogP contribution is -2.50. The minimum absolute atomic E-state index is 0. The van der Waals surface area contributed by atoms with Crippen LogP contribution in [0.1, 0.15) is 25.3 Å². The molecule has 2 rings (SSSR count). The number of nitrogens with one attached hydrogen (secondary N) is 3. The fraction of sp³-hybridized carbons (Fsp3) is 0.556. The molecule has 0 atom stereocenters. The molecular weight excluding hydrogens is 342 g/mol. The number of anilines is 1. The van der Waals surface area contributed by atoms with Crippen molar-refractivity contribution in [2.45, 2.75) is 26.2 Å². The number of benzene rings is 1.